The van der Waals surface area contributed by atoms with Crippen LogP contribution in [0.1, 0.15) is 51.2 Å². The lowest BCUT2D eigenvalue weighted by Gasteiger charge is -2.45. The summed E-state index contributed by atoms with van der Waals surface area (Å²) in [5.41, 5.74) is 2.47. The van der Waals surface area contributed by atoms with Gasteiger partial charge in [-0.25, -0.2) is 0 Å². The van der Waals surface area contributed by atoms with Crippen molar-refractivity contribution >= 4 is 0 Å². The fourth-order valence-corrected chi connectivity index (χ4v) is 3.32. The van der Waals surface area contributed by atoms with Gasteiger partial charge in [0.05, 0.1) is 5.60 Å². The van der Waals surface area contributed by atoms with Crippen LogP contribution in [0.15, 0.2) is 24.3 Å². The van der Waals surface area contributed by atoms with Gasteiger partial charge in [0.1, 0.15) is 0 Å². The van der Waals surface area contributed by atoms with Crippen molar-refractivity contribution in [3.63, 3.8) is 0 Å². The third kappa shape index (κ3) is 2.77. The zero-order valence-electron chi connectivity index (χ0n) is 12.2. The number of benzene rings is 1. The Morgan fingerprint density at radius 1 is 1.22 bits per heavy atom. The lowest BCUT2D eigenvalue weighted by molar-refractivity contribution is -0.0705. The molecular formula is C17H26O. The zero-order chi connectivity index (χ0) is 13.4. The molecule has 1 heteroatoms. The fraction of sp³-hybridized carbons (Fsp3) is 0.647. The Kier molecular flexibility index (Phi) is 3.55. The van der Waals surface area contributed by atoms with Gasteiger partial charge in [0, 0.05) is 6.42 Å². The molecule has 1 aromatic carbocycles. The molecule has 1 aliphatic carbocycles. The third-order valence-corrected chi connectivity index (χ3v) is 4.77. The van der Waals surface area contributed by atoms with Crippen molar-refractivity contribution in [1.29, 1.82) is 0 Å². The summed E-state index contributed by atoms with van der Waals surface area (Å²) in [5, 5.41) is 10.9. The summed E-state index contributed by atoms with van der Waals surface area (Å²) in [6, 6.07) is 8.43. The average molecular weight is 246 g/mol. The highest BCUT2D eigenvalue weighted by Crippen LogP contribution is 2.45. The Labute approximate surface area is 111 Å². The largest absolute Gasteiger partial charge is 0.389 e. The van der Waals surface area contributed by atoms with E-state index in [2.05, 4.69) is 52.0 Å². The molecule has 100 valence electrons. The minimum Gasteiger partial charge on any atom is -0.389 e. The monoisotopic (exact) mass is 246 g/mol. The van der Waals surface area contributed by atoms with Gasteiger partial charge in [-0.05, 0) is 48.6 Å². The van der Waals surface area contributed by atoms with Crippen LogP contribution in [-0.4, -0.2) is 10.7 Å². The van der Waals surface area contributed by atoms with Gasteiger partial charge in [-0.2, -0.15) is 0 Å². The number of aliphatic hydroxyl groups is 1. The van der Waals surface area contributed by atoms with E-state index in [1.165, 1.54) is 11.1 Å². The standard InChI is InChI=1S/C17H26O/c1-13-7-5-6-8-15(13)12-17(18)10-9-16(3,4)11-14(17)2/h5-8,14,18H,9-12H2,1-4H3. The second kappa shape index (κ2) is 4.70. The van der Waals surface area contributed by atoms with E-state index in [4.69, 9.17) is 0 Å². The molecule has 0 amide bonds. The number of aryl methyl sites for hydroxylation is 1. The molecule has 1 fully saturated rings. The summed E-state index contributed by atoms with van der Waals surface area (Å²) in [6.07, 6.45) is 3.97. The van der Waals surface area contributed by atoms with Crippen LogP contribution in [0.3, 0.4) is 0 Å². The van der Waals surface area contributed by atoms with Gasteiger partial charge < -0.3 is 5.11 Å². The van der Waals surface area contributed by atoms with Crippen molar-refractivity contribution in [2.75, 3.05) is 0 Å². The van der Waals surface area contributed by atoms with Gasteiger partial charge in [0.25, 0.3) is 0 Å². The summed E-state index contributed by atoms with van der Waals surface area (Å²) in [6.45, 7) is 8.98. The van der Waals surface area contributed by atoms with Crippen LogP contribution in [0.2, 0.25) is 0 Å². The maximum absolute atomic E-state index is 10.9. The first-order chi connectivity index (χ1) is 8.32. The topological polar surface area (TPSA) is 20.2 Å². The van der Waals surface area contributed by atoms with Gasteiger partial charge in [0.2, 0.25) is 0 Å². The van der Waals surface area contributed by atoms with Crippen molar-refractivity contribution in [2.45, 2.75) is 59.0 Å². The molecule has 1 N–H and O–H groups in total. The second-order valence-electron chi connectivity index (χ2n) is 6.98. The Bertz CT molecular complexity index is 421. The Hall–Kier alpha value is -0.820. The van der Waals surface area contributed by atoms with E-state index < -0.39 is 5.60 Å². The van der Waals surface area contributed by atoms with Crippen molar-refractivity contribution in [2.24, 2.45) is 11.3 Å². The summed E-state index contributed by atoms with van der Waals surface area (Å²) in [4.78, 5) is 0. The van der Waals surface area contributed by atoms with Crippen molar-refractivity contribution < 1.29 is 5.11 Å². The number of rotatable bonds is 2. The first kappa shape index (κ1) is 13.6. The molecule has 0 radical (unpaired) electrons. The highest BCUT2D eigenvalue weighted by molar-refractivity contribution is 5.27. The molecule has 1 aliphatic rings. The molecule has 18 heavy (non-hydrogen) atoms. The maximum Gasteiger partial charge on any atom is 0.0713 e. The second-order valence-corrected chi connectivity index (χ2v) is 6.98. The molecule has 2 atom stereocenters. The van der Waals surface area contributed by atoms with Crippen LogP contribution in [0.4, 0.5) is 0 Å². The van der Waals surface area contributed by atoms with E-state index >= 15 is 0 Å². The van der Waals surface area contributed by atoms with Gasteiger partial charge in [-0.3, -0.25) is 0 Å². The lowest BCUT2D eigenvalue weighted by Crippen LogP contribution is -2.45. The Morgan fingerprint density at radius 2 is 1.89 bits per heavy atom. The molecule has 0 aromatic heterocycles. The van der Waals surface area contributed by atoms with Crippen LogP contribution in [-0.2, 0) is 6.42 Å². The molecule has 2 rings (SSSR count). The van der Waals surface area contributed by atoms with E-state index in [1.54, 1.807) is 0 Å². The van der Waals surface area contributed by atoms with Gasteiger partial charge in [0.15, 0.2) is 0 Å². The van der Waals surface area contributed by atoms with Gasteiger partial charge in [-0.15, -0.1) is 0 Å². The molecule has 2 unspecified atom stereocenters. The summed E-state index contributed by atoms with van der Waals surface area (Å²) < 4.78 is 0. The summed E-state index contributed by atoms with van der Waals surface area (Å²) in [7, 11) is 0. The van der Waals surface area contributed by atoms with Crippen molar-refractivity contribution in [3.8, 4) is 0 Å². The van der Waals surface area contributed by atoms with Gasteiger partial charge in [-0.1, -0.05) is 45.0 Å². The van der Waals surface area contributed by atoms with E-state index in [9.17, 15) is 5.11 Å². The lowest BCUT2D eigenvalue weighted by atomic mass is 9.64. The number of hydrogen-bond acceptors (Lipinski definition) is 1. The molecule has 1 aromatic rings. The fourth-order valence-electron chi connectivity index (χ4n) is 3.32. The quantitative estimate of drug-likeness (QED) is 0.832. The highest BCUT2D eigenvalue weighted by atomic mass is 16.3. The average Bonchev–Trinajstić information content (AvgIpc) is 2.28. The third-order valence-electron chi connectivity index (χ3n) is 4.77. The smallest absolute Gasteiger partial charge is 0.0713 e. The molecule has 0 spiro atoms. The highest BCUT2D eigenvalue weighted by Gasteiger charge is 2.42. The van der Waals surface area contributed by atoms with Crippen molar-refractivity contribution in [3.05, 3.63) is 35.4 Å². The first-order valence-corrected chi connectivity index (χ1v) is 7.09. The Morgan fingerprint density at radius 3 is 2.50 bits per heavy atom. The maximum atomic E-state index is 10.9. The van der Waals surface area contributed by atoms with Crippen molar-refractivity contribution in [1.82, 2.24) is 0 Å². The zero-order valence-corrected chi connectivity index (χ0v) is 12.2. The van der Waals surface area contributed by atoms with Crippen LogP contribution in [0.25, 0.3) is 0 Å². The van der Waals surface area contributed by atoms with Crippen LogP contribution >= 0.6 is 0 Å². The van der Waals surface area contributed by atoms with Crippen LogP contribution in [0.5, 0.6) is 0 Å². The molecule has 0 aliphatic heterocycles. The SMILES string of the molecule is Cc1ccccc1CC1(O)CCC(C)(C)CC1C. The minimum atomic E-state index is -0.512. The first-order valence-electron chi connectivity index (χ1n) is 7.09. The predicted molar refractivity (Wildman–Crippen MR) is 76.6 cm³/mol. The summed E-state index contributed by atoms with van der Waals surface area (Å²) in [5.74, 6) is 0.376. The predicted octanol–water partition coefficient (Wildman–Crippen LogP) is 4.11. The molecule has 0 bridgehead atoms. The van der Waals surface area contributed by atoms with Gasteiger partial charge >= 0.3 is 0 Å². The molecule has 1 nitrogen and oxygen atoms in total. The van der Waals surface area contributed by atoms with Crippen LogP contribution in [0, 0.1) is 18.3 Å². The number of hydrogen-bond donors (Lipinski definition) is 1. The minimum absolute atomic E-state index is 0.376. The molecule has 1 saturated carbocycles. The van der Waals surface area contributed by atoms with Crippen LogP contribution < -0.4 is 0 Å². The molecule has 0 heterocycles. The van der Waals surface area contributed by atoms with E-state index in [0.717, 1.165) is 25.7 Å². The van der Waals surface area contributed by atoms with E-state index in [-0.39, 0.29) is 0 Å². The van der Waals surface area contributed by atoms with E-state index in [1.807, 2.05) is 0 Å². The summed E-state index contributed by atoms with van der Waals surface area (Å²) >= 11 is 0. The molecule has 0 saturated heterocycles. The normalized spacial score (nSPS) is 31.3. The van der Waals surface area contributed by atoms with E-state index in [0.29, 0.717) is 11.3 Å². The Balaban J connectivity index is 2.16. The molecular weight excluding hydrogens is 220 g/mol.